The zero-order chi connectivity index (χ0) is 17.8. The highest BCUT2D eigenvalue weighted by molar-refractivity contribution is 7.09. The molecule has 128 valence electrons. The summed E-state index contributed by atoms with van der Waals surface area (Å²) in [5.74, 6) is -0.0425. The molecule has 1 atom stereocenters. The second kappa shape index (κ2) is 7.57. The van der Waals surface area contributed by atoms with Crippen molar-refractivity contribution in [3.63, 3.8) is 0 Å². The monoisotopic (exact) mass is 351 g/mol. The minimum atomic E-state index is -0.221. The Hall–Kier alpha value is -2.53. The topological polar surface area (TPSA) is 54.9 Å². The fourth-order valence-corrected chi connectivity index (χ4v) is 3.52. The molecule has 25 heavy (non-hydrogen) atoms. The van der Waals surface area contributed by atoms with Crippen molar-refractivity contribution in [2.75, 3.05) is 0 Å². The van der Waals surface area contributed by atoms with Gasteiger partial charge >= 0.3 is 0 Å². The summed E-state index contributed by atoms with van der Waals surface area (Å²) in [6.07, 6.45) is 3.83. The maximum absolute atomic E-state index is 12.6. The number of carbonyl (C=O) groups excluding carboxylic acids is 1. The van der Waals surface area contributed by atoms with E-state index in [1.165, 1.54) is 5.56 Å². The van der Waals surface area contributed by atoms with Crippen LogP contribution < -0.4 is 5.32 Å². The van der Waals surface area contributed by atoms with Crippen LogP contribution in [0.3, 0.4) is 0 Å². The van der Waals surface area contributed by atoms with Gasteiger partial charge in [-0.05, 0) is 43.5 Å². The van der Waals surface area contributed by atoms with E-state index in [-0.39, 0.29) is 18.4 Å². The first-order chi connectivity index (χ1) is 12.0. The number of rotatable bonds is 5. The summed E-state index contributed by atoms with van der Waals surface area (Å²) < 4.78 is 0. The molecule has 0 aliphatic heterocycles. The maximum atomic E-state index is 12.6. The van der Waals surface area contributed by atoms with Crippen LogP contribution in [0, 0.1) is 20.8 Å². The largest absolute Gasteiger partial charge is 0.345 e. The normalized spacial score (nSPS) is 12.0. The molecule has 0 spiro atoms. The SMILES string of the molecule is Cc1ccc([C@@H](NC(=O)Cc2csc(C)n2)c2cccnc2)c(C)c1. The second-order valence-electron chi connectivity index (χ2n) is 6.18. The molecule has 3 rings (SSSR count). The molecule has 1 amide bonds. The molecule has 0 aliphatic rings. The Morgan fingerprint density at radius 2 is 2.08 bits per heavy atom. The molecule has 0 saturated heterocycles. The molecule has 1 aromatic carbocycles. The number of amides is 1. The number of benzene rings is 1. The lowest BCUT2D eigenvalue weighted by Gasteiger charge is -2.21. The molecule has 1 N–H and O–H groups in total. The van der Waals surface area contributed by atoms with Crippen molar-refractivity contribution < 1.29 is 4.79 Å². The summed E-state index contributed by atoms with van der Waals surface area (Å²) in [5, 5.41) is 6.06. The second-order valence-corrected chi connectivity index (χ2v) is 7.24. The van der Waals surface area contributed by atoms with E-state index in [1.54, 1.807) is 23.7 Å². The molecular formula is C20H21N3OS. The lowest BCUT2D eigenvalue weighted by molar-refractivity contribution is -0.121. The molecule has 0 aliphatic carbocycles. The first-order valence-corrected chi connectivity index (χ1v) is 9.08. The Morgan fingerprint density at radius 3 is 2.72 bits per heavy atom. The van der Waals surface area contributed by atoms with Crippen LogP contribution in [0.5, 0.6) is 0 Å². The fourth-order valence-electron chi connectivity index (χ4n) is 2.90. The summed E-state index contributed by atoms with van der Waals surface area (Å²) in [4.78, 5) is 21.2. The van der Waals surface area contributed by atoms with Crippen LogP contribution in [0.15, 0.2) is 48.1 Å². The third-order valence-corrected chi connectivity index (χ3v) is 4.89. The van der Waals surface area contributed by atoms with Gasteiger partial charge in [0.15, 0.2) is 0 Å². The van der Waals surface area contributed by atoms with Crippen LogP contribution >= 0.6 is 11.3 Å². The standard InChI is InChI=1S/C20H21N3OS/c1-13-6-7-18(14(2)9-13)20(16-5-4-8-21-11-16)23-19(24)10-17-12-25-15(3)22-17/h4-9,11-12,20H,10H2,1-3H3,(H,23,24)/t20-/m0/s1. The predicted molar refractivity (Wildman–Crippen MR) is 101 cm³/mol. The number of aryl methyl sites for hydroxylation is 3. The van der Waals surface area contributed by atoms with Gasteiger partial charge in [-0.3, -0.25) is 9.78 Å². The number of nitrogens with one attached hydrogen (secondary N) is 1. The maximum Gasteiger partial charge on any atom is 0.226 e. The molecule has 2 heterocycles. The number of carbonyl (C=O) groups is 1. The van der Waals surface area contributed by atoms with Crippen LogP contribution in [-0.4, -0.2) is 15.9 Å². The average Bonchev–Trinajstić information content (AvgIpc) is 2.99. The highest BCUT2D eigenvalue weighted by atomic mass is 32.1. The summed E-state index contributed by atoms with van der Waals surface area (Å²) in [6.45, 7) is 6.08. The molecule has 4 nitrogen and oxygen atoms in total. The number of hydrogen-bond donors (Lipinski definition) is 1. The molecule has 0 radical (unpaired) electrons. The lowest BCUT2D eigenvalue weighted by atomic mass is 9.94. The Labute approximate surface area is 152 Å². The summed E-state index contributed by atoms with van der Waals surface area (Å²) in [5.41, 5.74) is 5.22. The van der Waals surface area contributed by atoms with E-state index < -0.39 is 0 Å². The van der Waals surface area contributed by atoms with Gasteiger partial charge in [-0.15, -0.1) is 11.3 Å². The van der Waals surface area contributed by atoms with Crippen LogP contribution in [0.25, 0.3) is 0 Å². The van der Waals surface area contributed by atoms with E-state index in [0.717, 1.165) is 27.4 Å². The van der Waals surface area contributed by atoms with Gasteiger partial charge in [0.1, 0.15) is 0 Å². The molecular weight excluding hydrogens is 330 g/mol. The molecule has 0 bridgehead atoms. The predicted octanol–water partition coefficient (Wildman–Crippen LogP) is 3.91. The van der Waals surface area contributed by atoms with E-state index in [1.807, 2.05) is 24.4 Å². The van der Waals surface area contributed by atoms with Gasteiger partial charge in [-0.25, -0.2) is 4.98 Å². The first kappa shape index (κ1) is 17.3. The molecule has 0 saturated carbocycles. The van der Waals surface area contributed by atoms with Gasteiger partial charge in [0.05, 0.1) is 23.2 Å². The molecule has 0 fully saturated rings. The minimum absolute atomic E-state index is 0.0425. The smallest absolute Gasteiger partial charge is 0.226 e. The number of hydrogen-bond acceptors (Lipinski definition) is 4. The zero-order valence-corrected chi connectivity index (χ0v) is 15.4. The van der Waals surface area contributed by atoms with Crippen molar-refractivity contribution in [1.82, 2.24) is 15.3 Å². The summed E-state index contributed by atoms with van der Waals surface area (Å²) in [6, 6.07) is 9.94. The van der Waals surface area contributed by atoms with Gasteiger partial charge in [-0.2, -0.15) is 0 Å². The number of aromatic nitrogens is 2. The van der Waals surface area contributed by atoms with E-state index in [0.29, 0.717) is 0 Å². The Morgan fingerprint density at radius 1 is 1.24 bits per heavy atom. The zero-order valence-electron chi connectivity index (χ0n) is 14.6. The van der Waals surface area contributed by atoms with Crippen molar-refractivity contribution in [3.8, 4) is 0 Å². The van der Waals surface area contributed by atoms with E-state index in [2.05, 4.69) is 47.3 Å². The van der Waals surface area contributed by atoms with E-state index in [9.17, 15) is 4.79 Å². The van der Waals surface area contributed by atoms with Crippen LogP contribution in [0.2, 0.25) is 0 Å². The van der Waals surface area contributed by atoms with Crippen LogP contribution in [0.4, 0.5) is 0 Å². The van der Waals surface area contributed by atoms with E-state index >= 15 is 0 Å². The highest BCUT2D eigenvalue weighted by Crippen LogP contribution is 2.25. The summed E-state index contributed by atoms with van der Waals surface area (Å²) >= 11 is 1.56. The van der Waals surface area contributed by atoms with Crippen LogP contribution in [-0.2, 0) is 11.2 Å². The quantitative estimate of drug-likeness (QED) is 0.758. The molecule has 0 unspecified atom stereocenters. The third-order valence-electron chi connectivity index (χ3n) is 4.07. The average molecular weight is 351 g/mol. The van der Waals surface area contributed by atoms with Crippen LogP contribution in [0.1, 0.15) is 39.0 Å². The van der Waals surface area contributed by atoms with E-state index in [4.69, 9.17) is 0 Å². The lowest BCUT2D eigenvalue weighted by Crippen LogP contribution is -2.31. The number of thiazole rings is 1. The van der Waals surface area contributed by atoms with Crippen molar-refractivity contribution in [3.05, 3.63) is 81.1 Å². The Bertz CT molecular complexity index is 874. The highest BCUT2D eigenvalue weighted by Gasteiger charge is 2.19. The molecule has 2 aromatic heterocycles. The van der Waals surface area contributed by atoms with Crippen molar-refractivity contribution in [2.45, 2.75) is 33.2 Å². The van der Waals surface area contributed by atoms with Gasteiger partial charge < -0.3 is 5.32 Å². The third kappa shape index (κ3) is 4.31. The van der Waals surface area contributed by atoms with Crippen molar-refractivity contribution >= 4 is 17.2 Å². The Balaban J connectivity index is 1.87. The molecule has 3 aromatic rings. The van der Waals surface area contributed by atoms with Gasteiger partial charge in [0.2, 0.25) is 5.91 Å². The van der Waals surface area contributed by atoms with Gasteiger partial charge in [0.25, 0.3) is 0 Å². The van der Waals surface area contributed by atoms with Crippen molar-refractivity contribution in [2.24, 2.45) is 0 Å². The Kier molecular flexibility index (Phi) is 5.24. The van der Waals surface area contributed by atoms with Gasteiger partial charge in [-0.1, -0.05) is 29.8 Å². The minimum Gasteiger partial charge on any atom is -0.345 e. The molecule has 5 heteroatoms. The van der Waals surface area contributed by atoms with Gasteiger partial charge in [0, 0.05) is 17.8 Å². The fraction of sp³-hybridized carbons (Fsp3) is 0.250. The first-order valence-electron chi connectivity index (χ1n) is 8.20. The number of nitrogens with zero attached hydrogens (tertiary/aromatic N) is 2. The summed E-state index contributed by atoms with van der Waals surface area (Å²) in [7, 11) is 0. The van der Waals surface area contributed by atoms with Crippen molar-refractivity contribution in [1.29, 1.82) is 0 Å². The number of pyridine rings is 1.